The number of aryl methyl sites for hydroxylation is 1. The number of piperazine rings is 1. The Balaban J connectivity index is 1.62. The van der Waals surface area contributed by atoms with E-state index in [-0.39, 0.29) is 35.3 Å². The lowest BCUT2D eigenvalue weighted by molar-refractivity contribution is -0.130. The highest BCUT2D eigenvalue weighted by Crippen LogP contribution is 2.30. The molecule has 0 saturated carbocycles. The average Bonchev–Trinajstić information content (AvgIpc) is 3.38. The van der Waals surface area contributed by atoms with E-state index in [1.807, 2.05) is 32.9 Å². The molecule has 1 N–H and O–H groups in total. The Kier molecular flexibility index (Phi) is 5.91. The molecule has 2 unspecified atom stereocenters. The van der Waals surface area contributed by atoms with Crippen molar-refractivity contribution >= 4 is 23.2 Å². The molecule has 2 amide bonds. The summed E-state index contributed by atoms with van der Waals surface area (Å²) in [6.07, 6.45) is 0.552. The van der Waals surface area contributed by atoms with E-state index in [1.54, 1.807) is 34.4 Å². The van der Waals surface area contributed by atoms with Gasteiger partial charge in [0.1, 0.15) is 11.9 Å². The van der Waals surface area contributed by atoms with Crippen molar-refractivity contribution < 1.29 is 18.5 Å². The van der Waals surface area contributed by atoms with Crippen LogP contribution in [0.2, 0.25) is 0 Å². The van der Waals surface area contributed by atoms with Crippen LogP contribution >= 0.6 is 11.3 Å². The van der Waals surface area contributed by atoms with E-state index in [0.717, 1.165) is 9.75 Å². The molecule has 0 spiro atoms. The first-order valence-electron chi connectivity index (χ1n) is 10.2. The molecule has 0 bridgehead atoms. The van der Waals surface area contributed by atoms with Crippen LogP contribution in [0.4, 0.5) is 4.39 Å². The number of halogens is 1. The summed E-state index contributed by atoms with van der Waals surface area (Å²) >= 11 is 1.61. The van der Waals surface area contributed by atoms with Crippen LogP contribution in [0.3, 0.4) is 0 Å². The van der Waals surface area contributed by atoms with Crippen LogP contribution in [0.15, 0.2) is 47.0 Å². The van der Waals surface area contributed by atoms with E-state index in [1.165, 1.54) is 12.1 Å². The third-order valence-electron chi connectivity index (χ3n) is 5.29. The van der Waals surface area contributed by atoms with Gasteiger partial charge < -0.3 is 14.7 Å². The third-order valence-corrected chi connectivity index (χ3v) is 6.41. The molecule has 1 aliphatic heterocycles. The summed E-state index contributed by atoms with van der Waals surface area (Å²) in [7, 11) is 0. The maximum Gasteiger partial charge on any atom is 0.276 e. The highest BCUT2D eigenvalue weighted by atomic mass is 32.1. The number of nitrogens with zero attached hydrogens (tertiary/aromatic N) is 2. The third kappa shape index (κ3) is 4.54. The normalized spacial score (nSPS) is 19.0. The minimum atomic E-state index is -0.573. The molecule has 8 heteroatoms. The number of amides is 2. The second-order valence-corrected chi connectivity index (χ2v) is 9.52. The van der Waals surface area contributed by atoms with Gasteiger partial charge in [-0.2, -0.15) is 0 Å². The number of aromatic nitrogens is 1. The van der Waals surface area contributed by atoms with Crippen molar-refractivity contribution in [2.75, 3.05) is 6.54 Å². The van der Waals surface area contributed by atoms with Crippen LogP contribution in [0.5, 0.6) is 0 Å². The van der Waals surface area contributed by atoms with Crippen molar-refractivity contribution in [3.8, 4) is 11.3 Å². The zero-order valence-corrected chi connectivity index (χ0v) is 18.4. The molecule has 162 valence electrons. The summed E-state index contributed by atoms with van der Waals surface area (Å²) in [6.45, 7) is 6.41. The molecule has 1 saturated heterocycles. The topological polar surface area (TPSA) is 75.4 Å². The van der Waals surface area contributed by atoms with E-state index in [0.29, 0.717) is 24.3 Å². The molecule has 3 aromatic rings. The molecule has 3 heterocycles. The van der Waals surface area contributed by atoms with Gasteiger partial charge in [0.25, 0.3) is 5.91 Å². The van der Waals surface area contributed by atoms with E-state index in [9.17, 15) is 14.0 Å². The van der Waals surface area contributed by atoms with Crippen molar-refractivity contribution in [3.63, 3.8) is 0 Å². The minimum absolute atomic E-state index is 0.129. The molecule has 1 aromatic carbocycles. The van der Waals surface area contributed by atoms with Gasteiger partial charge in [-0.25, -0.2) is 4.39 Å². The average molecular weight is 442 g/mol. The number of rotatable bonds is 5. The van der Waals surface area contributed by atoms with Gasteiger partial charge in [-0.3, -0.25) is 9.59 Å². The monoisotopic (exact) mass is 441 g/mol. The summed E-state index contributed by atoms with van der Waals surface area (Å²) in [6, 6.07) is 10.5. The first-order valence-corrected chi connectivity index (χ1v) is 11.0. The van der Waals surface area contributed by atoms with Gasteiger partial charge in [-0.15, -0.1) is 11.3 Å². The first-order chi connectivity index (χ1) is 14.8. The Morgan fingerprint density at radius 2 is 2.03 bits per heavy atom. The Bertz CT molecular complexity index is 1090. The number of thiophene rings is 1. The summed E-state index contributed by atoms with van der Waals surface area (Å²) in [5, 5.41) is 7.01. The fraction of sp³-hybridized carbons (Fsp3) is 0.348. The molecule has 2 aromatic heterocycles. The number of hydrogen-bond acceptors (Lipinski definition) is 5. The van der Waals surface area contributed by atoms with Crippen LogP contribution in [0.1, 0.15) is 46.6 Å². The second kappa shape index (κ2) is 8.63. The molecule has 0 aliphatic carbocycles. The van der Waals surface area contributed by atoms with Crippen molar-refractivity contribution in [3.05, 3.63) is 63.7 Å². The van der Waals surface area contributed by atoms with Crippen LogP contribution in [0.25, 0.3) is 11.3 Å². The van der Waals surface area contributed by atoms with Crippen LogP contribution in [-0.2, 0) is 4.79 Å². The molecular weight excluding hydrogens is 417 g/mol. The lowest BCUT2D eigenvalue weighted by Gasteiger charge is -2.39. The Morgan fingerprint density at radius 1 is 1.29 bits per heavy atom. The molecule has 4 rings (SSSR count). The smallest absolute Gasteiger partial charge is 0.276 e. The fourth-order valence-corrected chi connectivity index (χ4v) is 4.68. The lowest BCUT2D eigenvalue weighted by Crippen LogP contribution is -2.58. The molecule has 0 radical (unpaired) electrons. The highest BCUT2D eigenvalue weighted by molar-refractivity contribution is 7.12. The zero-order valence-electron chi connectivity index (χ0n) is 17.6. The molecule has 2 atom stereocenters. The largest absolute Gasteiger partial charge is 0.355 e. The van der Waals surface area contributed by atoms with Gasteiger partial charge in [0.15, 0.2) is 11.5 Å². The SMILES string of the molecule is Cc1ccc(C2CN(C(=O)c3cc(-c4ccc(F)cc4)on3)C(CC(C)C)C(=O)N2)s1. The van der Waals surface area contributed by atoms with E-state index in [4.69, 9.17) is 4.52 Å². The number of carbonyl (C=O) groups excluding carboxylic acids is 2. The van der Waals surface area contributed by atoms with E-state index < -0.39 is 6.04 Å². The van der Waals surface area contributed by atoms with Crippen LogP contribution in [-0.4, -0.2) is 34.5 Å². The molecule has 1 fully saturated rings. The second-order valence-electron chi connectivity index (χ2n) is 8.20. The number of benzene rings is 1. The number of hydrogen-bond donors (Lipinski definition) is 1. The fourth-order valence-electron chi connectivity index (χ4n) is 3.76. The van der Waals surface area contributed by atoms with E-state index >= 15 is 0 Å². The van der Waals surface area contributed by atoms with Crippen molar-refractivity contribution in [1.29, 1.82) is 0 Å². The molecular formula is C23H24FN3O3S. The molecule has 1 aliphatic rings. The van der Waals surface area contributed by atoms with E-state index in [2.05, 4.69) is 10.5 Å². The predicted molar refractivity (Wildman–Crippen MR) is 116 cm³/mol. The van der Waals surface area contributed by atoms with Gasteiger partial charge in [-0.05, 0) is 55.7 Å². The maximum atomic E-state index is 13.4. The first kappa shape index (κ1) is 21.2. The lowest BCUT2D eigenvalue weighted by atomic mass is 9.97. The van der Waals surface area contributed by atoms with Crippen molar-refractivity contribution in [2.45, 2.75) is 39.3 Å². The van der Waals surface area contributed by atoms with Crippen molar-refractivity contribution in [2.24, 2.45) is 5.92 Å². The van der Waals surface area contributed by atoms with Gasteiger partial charge in [-0.1, -0.05) is 19.0 Å². The summed E-state index contributed by atoms with van der Waals surface area (Å²) in [4.78, 5) is 30.1. The summed E-state index contributed by atoms with van der Waals surface area (Å²) in [5.74, 6) is -0.262. The van der Waals surface area contributed by atoms with Gasteiger partial charge in [0, 0.05) is 27.9 Å². The van der Waals surface area contributed by atoms with Crippen LogP contribution < -0.4 is 5.32 Å². The summed E-state index contributed by atoms with van der Waals surface area (Å²) in [5.41, 5.74) is 0.749. The zero-order chi connectivity index (χ0) is 22.1. The number of nitrogens with one attached hydrogen (secondary N) is 1. The standard InChI is InChI=1S/C23H24FN3O3S/c1-13(2)10-19-22(28)25-18(21-9-4-14(3)31-21)12-27(19)23(29)17-11-20(30-26-17)15-5-7-16(24)8-6-15/h4-9,11,13,18-19H,10,12H2,1-3H3,(H,25,28). The minimum Gasteiger partial charge on any atom is -0.355 e. The Hall–Kier alpha value is -3.00. The molecule has 31 heavy (non-hydrogen) atoms. The predicted octanol–water partition coefficient (Wildman–Crippen LogP) is 4.58. The van der Waals surface area contributed by atoms with Gasteiger partial charge in [0.05, 0.1) is 6.04 Å². The van der Waals surface area contributed by atoms with Gasteiger partial charge in [0.2, 0.25) is 5.91 Å². The van der Waals surface area contributed by atoms with Crippen molar-refractivity contribution in [1.82, 2.24) is 15.4 Å². The summed E-state index contributed by atoms with van der Waals surface area (Å²) < 4.78 is 18.5. The van der Waals surface area contributed by atoms with Crippen LogP contribution in [0, 0.1) is 18.7 Å². The Labute approximate surface area is 184 Å². The quantitative estimate of drug-likeness (QED) is 0.629. The van der Waals surface area contributed by atoms with Gasteiger partial charge >= 0.3 is 0 Å². The Morgan fingerprint density at radius 3 is 2.68 bits per heavy atom. The highest BCUT2D eigenvalue weighted by Gasteiger charge is 2.39. The maximum absolute atomic E-state index is 13.4. The number of carbonyl (C=O) groups is 2. The molecule has 6 nitrogen and oxygen atoms in total.